The van der Waals surface area contributed by atoms with E-state index in [9.17, 15) is 13.2 Å². The Bertz CT molecular complexity index is 968. The molecule has 0 aliphatic carbocycles. The van der Waals surface area contributed by atoms with Gasteiger partial charge in [0.1, 0.15) is 5.69 Å². The number of hydrogen-bond acceptors (Lipinski definition) is 4. The molecule has 0 saturated carbocycles. The first-order valence-corrected chi connectivity index (χ1v) is 13.8. The number of halogens is 2. The fourth-order valence-corrected chi connectivity index (χ4v) is 5.15. The minimum absolute atomic E-state index is 0.0547. The maximum atomic E-state index is 13.3. The summed E-state index contributed by atoms with van der Waals surface area (Å²) in [7, 11) is -4.06. The zero-order valence-electron chi connectivity index (χ0n) is 19.1. The quantitative estimate of drug-likeness (QED) is 0.130. The summed E-state index contributed by atoms with van der Waals surface area (Å²) in [6.45, 7) is 2.42. The summed E-state index contributed by atoms with van der Waals surface area (Å²) in [5, 5.41) is -0.570. The van der Waals surface area contributed by atoms with Crippen molar-refractivity contribution in [2.75, 3.05) is 11.1 Å². The van der Waals surface area contributed by atoms with Crippen LogP contribution in [-0.2, 0) is 14.9 Å². The Kier molecular flexibility index (Phi) is 12.2. The molecule has 0 amide bonds. The minimum atomic E-state index is -4.06. The Hall–Kier alpha value is -1.60. The molecule has 0 radical (unpaired) electrons. The number of unbranched alkanes of at least 4 members (excludes halogenated alkanes) is 9. The summed E-state index contributed by atoms with van der Waals surface area (Å²) in [6.07, 6.45) is 11.6. The van der Waals surface area contributed by atoms with Gasteiger partial charge in [-0.25, -0.2) is 0 Å². The molecule has 0 N–H and O–H groups in total. The van der Waals surface area contributed by atoms with Crippen molar-refractivity contribution in [3.63, 3.8) is 0 Å². The second-order valence-electron chi connectivity index (χ2n) is 8.00. The van der Waals surface area contributed by atoms with Crippen molar-refractivity contribution in [1.82, 2.24) is 0 Å². The predicted octanol–water partition coefficient (Wildman–Crippen LogP) is 7.77. The first-order chi connectivity index (χ1) is 15.9. The Morgan fingerprint density at radius 3 is 2.03 bits per heavy atom. The van der Waals surface area contributed by atoms with Crippen LogP contribution in [0.2, 0.25) is 5.02 Å². The molecule has 0 fully saturated rings. The van der Waals surface area contributed by atoms with Gasteiger partial charge in [-0.15, -0.1) is 4.47 Å². The van der Waals surface area contributed by atoms with E-state index in [1.54, 1.807) is 18.2 Å². The standard InChI is InChI=1S/C25H33Cl2NO4S/c1-2-3-4-5-6-7-8-9-10-14-19-32-28(33(30,31)22-15-12-11-13-16-22)24-20-21(25(27)29)17-18-23(24)26/h11-13,15-18,20H,2-10,14,19H2,1H3. The molecule has 2 aromatic carbocycles. The van der Waals surface area contributed by atoms with Crippen molar-refractivity contribution in [3.8, 4) is 0 Å². The van der Waals surface area contributed by atoms with E-state index >= 15 is 0 Å². The van der Waals surface area contributed by atoms with Gasteiger partial charge in [-0.1, -0.05) is 94.5 Å². The van der Waals surface area contributed by atoms with E-state index in [1.807, 2.05) is 0 Å². The fraction of sp³-hybridized carbons (Fsp3) is 0.480. The molecule has 0 aliphatic heterocycles. The van der Waals surface area contributed by atoms with Crippen LogP contribution in [0.5, 0.6) is 0 Å². The van der Waals surface area contributed by atoms with E-state index in [0.29, 0.717) is 6.42 Å². The third-order valence-electron chi connectivity index (χ3n) is 5.34. The largest absolute Gasteiger partial charge is 0.286 e. The van der Waals surface area contributed by atoms with Crippen LogP contribution < -0.4 is 4.47 Å². The molecular weight excluding hydrogens is 481 g/mol. The zero-order valence-corrected chi connectivity index (χ0v) is 21.5. The van der Waals surface area contributed by atoms with E-state index in [0.717, 1.165) is 17.3 Å². The van der Waals surface area contributed by atoms with Gasteiger partial charge in [-0.2, -0.15) is 8.42 Å². The molecule has 0 bridgehead atoms. The third-order valence-corrected chi connectivity index (χ3v) is 7.48. The van der Waals surface area contributed by atoms with Gasteiger partial charge in [0.2, 0.25) is 0 Å². The molecular formula is C25H33Cl2NO4S. The molecule has 182 valence electrons. The molecule has 0 saturated heterocycles. The molecule has 0 unspecified atom stereocenters. The molecule has 5 nitrogen and oxygen atoms in total. The van der Waals surface area contributed by atoms with Crippen molar-refractivity contribution in [2.45, 2.75) is 76.0 Å². The lowest BCUT2D eigenvalue weighted by molar-refractivity contribution is 0.108. The van der Waals surface area contributed by atoms with Crippen molar-refractivity contribution >= 4 is 44.2 Å². The molecule has 0 aromatic heterocycles. The molecule has 33 heavy (non-hydrogen) atoms. The van der Waals surface area contributed by atoms with Gasteiger partial charge in [-0.05, 0) is 48.4 Å². The summed E-state index contributed by atoms with van der Waals surface area (Å²) in [5.41, 5.74) is 0.186. The molecule has 0 aliphatic rings. The second kappa shape index (κ2) is 14.6. The number of sulfonamides is 1. The van der Waals surface area contributed by atoms with Crippen molar-refractivity contribution in [2.24, 2.45) is 0 Å². The van der Waals surface area contributed by atoms with Crippen LogP contribution >= 0.6 is 23.2 Å². The monoisotopic (exact) mass is 513 g/mol. The Labute approximate surface area is 208 Å². The first-order valence-electron chi connectivity index (χ1n) is 11.6. The van der Waals surface area contributed by atoms with Gasteiger partial charge in [0.05, 0.1) is 16.5 Å². The number of carbonyl (C=O) groups is 1. The van der Waals surface area contributed by atoms with Gasteiger partial charge in [0.15, 0.2) is 0 Å². The number of rotatable bonds is 16. The van der Waals surface area contributed by atoms with Gasteiger partial charge in [0, 0.05) is 5.56 Å². The highest BCUT2D eigenvalue weighted by atomic mass is 35.5. The highest BCUT2D eigenvalue weighted by molar-refractivity contribution is 7.92. The smallest absolute Gasteiger partial charge is 0.276 e. The lowest BCUT2D eigenvalue weighted by atomic mass is 10.1. The van der Waals surface area contributed by atoms with Crippen molar-refractivity contribution < 1.29 is 18.0 Å². The van der Waals surface area contributed by atoms with Crippen LogP contribution in [-0.4, -0.2) is 20.3 Å². The van der Waals surface area contributed by atoms with Crippen LogP contribution in [0.25, 0.3) is 0 Å². The highest BCUT2D eigenvalue weighted by Crippen LogP contribution is 2.32. The number of anilines is 1. The topological polar surface area (TPSA) is 63.7 Å². The van der Waals surface area contributed by atoms with Crippen LogP contribution in [0.15, 0.2) is 53.4 Å². The fourth-order valence-electron chi connectivity index (χ4n) is 3.47. The molecule has 2 rings (SSSR count). The van der Waals surface area contributed by atoms with Crippen molar-refractivity contribution in [3.05, 3.63) is 59.1 Å². The SMILES string of the molecule is CCCCCCCCCCCCON(c1cc(C(=O)Cl)ccc1Cl)S(=O)(=O)c1ccccc1. The van der Waals surface area contributed by atoms with Crippen molar-refractivity contribution in [1.29, 1.82) is 0 Å². The molecule has 0 heterocycles. The maximum Gasteiger partial charge on any atom is 0.286 e. The summed E-state index contributed by atoms with van der Waals surface area (Å²) < 4.78 is 27.4. The first kappa shape index (κ1) is 27.6. The maximum absolute atomic E-state index is 13.3. The van der Waals surface area contributed by atoms with E-state index in [4.69, 9.17) is 28.0 Å². The Balaban J connectivity index is 2.01. The van der Waals surface area contributed by atoms with Crippen LogP contribution in [0, 0.1) is 0 Å². The summed E-state index contributed by atoms with van der Waals surface area (Å²) in [6, 6.07) is 12.2. The van der Waals surface area contributed by atoms with E-state index < -0.39 is 15.3 Å². The Morgan fingerprint density at radius 1 is 0.879 bits per heavy atom. The lowest BCUT2D eigenvalue weighted by Gasteiger charge is -2.24. The number of hydrogen-bond donors (Lipinski definition) is 0. The normalized spacial score (nSPS) is 11.5. The third kappa shape index (κ3) is 8.93. The second-order valence-corrected chi connectivity index (χ2v) is 10.5. The number of nitrogens with zero attached hydrogens (tertiary/aromatic N) is 1. The van der Waals surface area contributed by atoms with Gasteiger partial charge in [0.25, 0.3) is 15.3 Å². The zero-order chi connectivity index (χ0) is 24.1. The molecule has 0 spiro atoms. The number of carbonyl (C=O) groups excluding carboxylic acids is 1. The average molecular weight is 515 g/mol. The molecule has 2 aromatic rings. The lowest BCUT2D eigenvalue weighted by Crippen LogP contribution is -2.32. The molecule has 0 atom stereocenters. The van der Waals surface area contributed by atoms with Crippen LogP contribution in [0.1, 0.15) is 81.5 Å². The van der Waals surface area contributed by atoms with Gasteiger partial charge in [-0.3, -0.25) is 9.63 Å². The van der Waals surface area contributed by atoms with E-state index in [1.165, 1.54) is 75.3 Å². The number of benzene rings is 2. The summed E-state index contributed by atoms with van der Waals surface area (Å²) >= 11 is 11.9. The highest BCUT2D eigenvalue weighted by Gasteiger charge is 2.28. The Morgan fingerprint density at radius 2 is 1.45 bits per heavy atom. The molecule has 8 heteroatoms. The average Bonchev–Trinajstić information content (AvgIpc) is 2.81. The van der Waals surface area contributed by atoms with E-state index in [-0.39, 0.29) is 27.8 Å². The predicted molar refractivity (Wildman–Crippen MR) is 136 cm³/mol. The summed E-state index contributed by atoms with van der Waals surface area (Å²) in [4.78, 5) is 17.4. The van der Waals surface area contributed by atoms with Crippen LogP contribution in [0.4, 0.5) is 5.69 Å². The summed E-state index contributed by atoms with van der Waals surface area (Å²) in [5.74, 6) is 0. The van der Waals surface area contributed by atoms with Gasteiger partial charge >= 0.3 is 0 Å². The van der Waals surface area contributed by atoms with Gasteiger partial charge < -0.3 is 0 Å². The minimum Gasteiger partial charge on any atom is -0.276 e. The van der Waals surface area contributed by atoms with E-state index in [2.05, 4.69) is 6.92 Å². The van der Waals surface area contributed by atoms with Crippen LogP contribution in [0.3, 0.4) is 0 Å².